The molecule has 128 valence electrons. The van der Waals surface area contributed by atoms with E-state index in [1.165, 1.54) is 5.01 Å². The van der Waals surface area contributed by atoms with E-state index in [2.05, 4.69) is 10.7 Å². The molecule has 3 rings (SSSR count). The number of amides is 2. The number of carbonyl (C=O) groups is 2. The van der Waals surface area contributed by atoms with E-state index in [9.17, 15) is 9.59 Å². The molecule has 2 amide bonds. The van der Waals surface area contributed by atoms with Gasteiger partial charge in [0, 0.05) is 18.0 Å². The molecule has 2 aromatic rings. The van der Waals surface area contributed by atoms with Crippen molar-refractivity contribution in [2.24, 2.45) is 0 Å². The van der Waals surface area contributed by atoms with Gasteiger partial charge in [-0.15, -0.1) is 0 Å². The van der Waals surface area contributed by atoms with Crippen molar-refractivity contribution in [2.45, 2.75) is 19.9 Å². The Morgan fingerprint density at radius 3 is 2.64 bits per heavy atom. The number of nitrogens with zero attached hydrogens (tertiary/aromatic N) is 1. The number of carbonyl (C=O) groups excluding carboxylic acids is 2. The summed E-state index contributed by atoms with van der Waals surface area (Å²) in [6.45, 7) is 2.29. The standard InChI is InChI=1S/C19H18ClN3O2/c1-13-6-8-15(9-7-13)23-18(24)11-10-17(22-23)19(25)21-12-14-4-2-3-5-16(14)20/h2-10,22H,11-12H2,1H3,(H,21,25). The molecule has 0 radical (unpaired) electrons. The second-order valence-corrected chi connectivity index (χ2v) is 6.18. The van der Waals surface area contributed by atoms with Crippen LogP contribution in [0.2, 0.25) is 5.02 Å². The minimum Gasteiger partial charge on any atom is -0.347 e. The maximum absolute atomic E-state index is 12.4. The largest absolute Gasteiger partial charge is 0.347 e. The lowest BCUT2D eigenvalue weighted by Crippen LogP contribution is -2.48. The van der Waals surface area contributed by atoms with Crippen LogP contribution in [0.4, 0.5) is 5.69 Å². The van der Waals surface area contributed by atoms with Crippen molar-refractivity contribution in [3.05, 3.63) is 76.5 Å². The molecule has 0 bridgehead atoms. The van der Waals surface area contributed by atoms with Gasteiger partial charge in [-0.2, -0.15) is 0 Å². The van der Waals surface area contributed by atoms with E-state index < -0.39 is 0 Å². The molecule has 5 nitrogen and oxygen atoms in total. The van der Waals surface area contributed by atoms with Gasteiger partial charge in [0.05, 0.1) is 5.69 Å². The smallest absolute Gasteiger partial charge is 0.269 e. The van der Waals surface area contributed by atoms with Crippen molar-refractivity contribution in [3.8, 4) is 0 Å². The van der Waals surface area contributed by atoms with Gasteiger partial charge >= 0.3 is 0 Å². The minimum atomic E-state index is -0.287. The topological polar surface area (TPSA) is 61.4 Å². The molecule has 0 saturated heterocycles. The third kappa shape index (κ3) is 4.00. The first kappa shape index (κ1) is 17.0. The monoisotopic (exact) mass is 355 g/mol. The normalized spacial score (nSPS) is 13.9. The van der Waals surface area contributed by atoms with E-state index in [0.717, 1.165) is 11.1 Å². The van der Waals surface area contributed by atoms with Crippen molar-refractivity contribution in [3.63, 3.8) is 0 Å². The molecule has 0 spiro atoms. The minimum absolute atomic E-state index is 0.119. The van der Waals surface area contributed by atoms with E-state index in [4.69, 9.17) is 11.6 Å². The van der Waals surface area contributed by atoms with Gasteiger partial charge < -0.3 is 5.32 Å². The molecule has 0 unspecified atom stereocenters. The lowest BCUT2D eigenvalue weighted by atomic mass is 10.2. The molecular weight excluding hydrogens is 338 g/mol. The van der Waals surface area contributed by atoms with Gasteiger partial charge in [-0.3, -0.25) is 15.0 Å². The van der Waals surface area contributed by atoms with Gasteiger partial charge in [-0.25, -0.2) is 5.01 Å². The summed E-state index contributed by atoms with van der Waals surface area (Å²) >= 11 is 6.09. The van der Waals surface area contributed by atoms with Crippen LogP contribution in [0.5, 0.6) is 0 Å². The molecule has 0 atom stereocenters. The zero-order valence-electron chi connectivity index (χ0n) is 13.8. The van der Waals surface area contributed by atoms with Crippen LogP contribution < -0.4 is 15.8 Å². The fourth-order valence-electron chi connectivity index (χ4n) is 2.47. The molecule has 25 heavy (non-hydrogen) atoms. The molecule has 6 heteroatoms. The molecule has 0 saturated carbocycles. The Morgan fingerprint density at radius 2 is 1.92 bits per heavy atom. The Kier molecular flexibility index (Phi) is 5.05. The van der Waals surface area contributed by atoms with Crippen LogP contribution in [0, 0.1) is 6.92 Å². The van der Waals surface area contributed by atoms with Crippen LogP contribution in [-0.2, 0) is 16.1 Å². The van der Waals surface area contributed by atoms with Gasteiger partial charge in [-0.05, 0) is 36.8 Å². The van der Waals surface area contributed by atoms with E-state index in [-0.39, 0.29) is 18.2 Å². The Hall–Kier alpha value is -2.79. The SMILES string of the molecule is Cc1ccc(N2NC(C(=O)NCc3ccccc3Cl)=CCC2=O)cc1. The van der Waals surface area contributed by atoms with Crippen molar-refractivity contribution in [1.82, 2.24) is 10.7 Å². The summed E-state index contributed by atoms with van der Waals surface area (Å²) in [7, 11) is 0. The molecule has 0 aliphatic carbocycles. The predicted molar refractivity (Wildman–Crippen MR) is 97.8 cm³/mol. The van der Waals surface area contributed by atoms with Crippen LogP contribution in [0.25, 0.3) is 0 Å². The second kappa shape index (κ2) is 7.40. The summed E-state index contributed by atoms with van der Waals surface area (Å²) in [5.41, 5.74) is 5.86. The summed E-state index contributed by atoms with van der Waals surface area (Å²) < 4.78 is 0. The van der Waals surface area contributed by atoms with Crippen LogP contribution in [0.15, 0.2) is 60.3 Å². The van der Waals surface area contributed by atoms with Crippen LogP contribution in [0.1, 0.15) is 17.5 Å². The first-order valence-corrected chi connectivity index (χ1v) is 8.30. The number of hydrazine groups is 1. The van der Waals surface area contributed by atoms with E-state index >= 15 is 0 Å². The summed E-state index contributed by atoms with van der Waals surface area (Å²) in [5, 5.41) is 4.81. The van der Waals surface area contributed by atoms with Crippen molar-refractivity contribution in [2.75, 3.05) is 5.01 Å². The number of benzene rings is 2. The molecule has 2 N–H and O–H groups in total. The first-order chi connectivity index (χ1) is 12.0. The average molecular weight is 356 g/mol. The summed E-state index contributed by atoms with van der Waals surface area (Å²) in [6, 6.07) is 14.8. The van der Waals surface area contributed by atoms with Gasteiger partial charge in [0.2, 0.25) is 5.91 Å². The van der Waals surface area contributed by atoms with Crippen molar-refractivity contribution in [1.29, 1.82) is 0 Å². The number of anilines is 1. The predicted octanol–water partition coefficient (Wildman–Crippen LogP) is 3.09. The van der Waals surface area contributed by atoms with Gasteiger partial charge in [0.25, 0.3) is 5.91 Å². The fourth-order valence-corrected chi connectivity index (χ4v) is 2.67. The molecule has 1 aliphatic heterocycles. The van der Waals surface area contributed by atoms with Gasteiger partial charge in [0.15, 0.2) is 0 Å². The third-order valence-corrected chi connectivity index (χ3v) is 4.27. The van der Waals surface area contributed by atoms with Crippen molar-refractivity contribution >= 4 is 29.1 Å². The molecule has 0 aromatic heterocycles. The third-order valence-electron chi connectivity index (χ3n) is 3.90. The quantitative estimate of drug-likeness (QED) is 0.886. The zero-order chi connectivity index (χ0) is 17.8. The fraction of sp³-hybridized carbons (Fsp3) is 0.158. The Labute approximate surface area is 151 Å². The Morgan fingerprint density at radius 1 is 1.20 bits per heavy atom. The number of rotatable bonds is 4. The maximum atomic E-state index is 12.4. The highest BCUT2D eigenvalue weighted by Crippen LogP contribution is 2.19. The summed E-state index contributed by atoms with van der Waals surface area (Å²) in [6.07, 6.45) is 1.75. The van der Waals surface area contributed by atoms with Crippen molar-refractivity contribution < 1.29 is 9.59 Å². The van der Waals surface area contributed by atoms with Gasteiger partial charge in [-0.1, -0.05) is 47.5 Å². The maximum Gasteiger partial charge on any atom is 0.269 e. The Balaban J connectivity index is 1.68. The second-order valence-electron chi connectivity index (χ2n) is 5.77. The number of halogens is 1. The number of hydrogen-bond acceptors (Lipinski definition) is 3. The van der Waals surface area contributed by atoms with E-state index in [1.54, 1.807) is 12.1 Å². The first-order valence-electron chi connectivity index (χ1n) is 7.92. The molecule has 0 fully saturated rings. The van der Waals surface area contributed by atoms with Crippen LogP contribution in [0.3, 0.4) is 0 Å². The molecule has 2 aromatic carbocycles. The lowest BCUT2D eigenvalue weighted by Gasteiger charge is -2.28. The van der Waals surface area contributed by atoms with Crippen LogP contribution >= 0.6 is 11.6 Å². The molecular formula is C19H18ClN3O2. The summed E-state index contributed by atoms with van der Waals surface area (Å²) in [5.74, 6) is -0.406. The Bertz CT molecular complexity index is 831. The summed E-state index contributed by atoms with van der Waals surface area (Å²) in [4.78, 5) is 24.5. The van der Waals surface area contributed by atoms with Gasteiger partial charge in [0.1, 0.15) is 5.70 Å². The van der Waals surface area contributed by atoms with E-state index in [0.29, 0.717) is 23.0 Å². The molecule has 1 heterocycles. The van der Waals surface area contributed by atoms with Crippen LogP contribution in [-0.4, -0.2) is 11.8 Å². The highest BCUT2D eigenvalue weighted by atomic mass is 35.5. The zero-order valence-corrected chi connectivity index (χ0v) is 14.5. The number of hydrogen-bond donors (Lipinski definition) is 2. The molecule has 1 aliphatic rings. The number of aryl methyl sites for hydroxylation is 1. The average Bonchev–Trinajstić information content (AvgIpc) is 2.62. The van der Waals surface area contributed by atoms with E-state index in [1.807, 2.05) is 49.4 Å². The highest BCUT2D eigenvalue weighted by molar-refractivity contribution is 6.31. The number of nitrogens with one attached hydrogen (secondary N) is 2. The highest BCUT2D eigenvalue weighted by Gasteiger charge is 2.23. The lowest BCUT2D eigenvalue weighted by molar-refractivity contribution is -0.120.